The van der Waals surface area contributed by atoms with E-state index in [-0.39, 0.29) is 23.5 Å². The Morgan fingerprint density at radius 3 is 1.81 bits per heavy atom. The molecule has 0 atom stereocenters. The van der Waals surface area contributed by atoms with Crippen LogP contribution in [0.4, 0.5) is 0 Å². The third kappa shape index (κ3) is 7.04. The number of nitrogens with one attached hydrogen (secondary N) is 2. The second-order valence-corrected chi connectivity index (χ2v) is 9.98. The Kier molecular flexibility index (Phi) is 8.49. The molecule has 0 bridgehead atoms. The van der Waals surface area contributed by atoms with Crippen LogP contribution in [0.1, 0.15) is 22.7 Å². The Balaban J connectivity index is 1.32. The van der Waals surface area contributed by atoms with Crippen LogP contribution in [-0.4, -0.2) is 27.5 Å². The number of ether oxygens (including phenoxy) is 1. The fourth-order valence-corrected chi connectivity index (χ4v) is 4.81. The number of hydrogen-bond donors (Lipinski definition) is 2. The van der Waals surface area contributed by atoms with E-state index in [0.29, 0.717) is 18.7 Å². The van der Waals surface area contributed by atoms with E-state index in [0.717, 1.165) is 16.7 Å². The summed E-state index contributed by atoms with van der Waals surface area (Å²) in [5, 5.41) is 3.02. The molecule has 2 N–H and O–H groups in total. The highest BCUT2D eigenvalue weighted by molar-refractivity contribution is 7.89. The monoisotopic (exact) mass is 500 g/mol. The molecule has 0 fully saturated rings. The van der Waals surface area contributed by atoms with Gasteiger partial charge in [0, 0.05) is 6.54 Å². The zero-order chi connectivity index (χ0) is 25.2. The molecule has 0 spiro atoms. The largest absolute Gasteiger partial charge is 0.484 e. The van der Waals surface area contributed by atoms with E-state index < -0.39 is 10.0 Å². The standard InChI is InChI=1S/C29H28N2O4S/c32-28(31-29(24-12-6-2-7-13-24)25-14-8-3-9-15-25)22-35-26-16-18-27(19-17-26)36(33,34)30-21-20-23-10-4-1-5-11-23/h1-19,29-30H,20-22H2,(H,31,32). The van der Waals surface area contributed by atoms with Crippen molar-refractivity contribution in [2.75, 3.05) is 13.2 Å². The first-order valence-corrected chi connectivity index (χ1v) is 13.2. The summed E-state index contributed by atoms with van der Waals surface area (Å²) in [6, 6.07) is 34.8. The third-order valence-electron chi connectivity index (χ3n) is 5.62. The minimum atomic E-state index is -3.64. The Bertz CT molecular complexity index is 1310. The number of sulfonamides is 1. The van der Waals surface area contributed by atoms with Crippen LogP contribution in [0.15, 0.2) is 120 Å². The Morgan fingerprint density at radius 2 is 1.25 bits per heavy atom. The van der Waals surface area contributed by atoms with E-state index in [1.54, 1.807) is 12.1 Å². The summed E-state index contributed by atoms with van der Waals surface area (Å²) in [6.45, 7) is 0.104. The first kappa shape index (κ1) is 25.2. The van der Waals surface area contributed by atoms with Crippen molar-refractivity contribution in [1.82, 2.24) is 10.0 Å². The maximum atomic E-state index is 12.7. The Labute approximate surface area is 212 Å². The van der Waals surface area contributed by atoms with Crippen LogP contribution >= 0.6 is 0 Å². The summed E-state index contributed by atoms with van der Waals surface area (Å²) in [5.74, 6) is 0.122. The van der Waals surface area contributed by atoms with Gasteiger partial charge in [-0.15, -0.1) is 0 Å². The molecule has 6 nitrogen and oxygen atoms in total. The van der Waals surface area contributed by atoms with Gasteiger partial charge in [-0.05, 0) is 47.4 Å². The van der Waals surface area contributed by atoms with Gasteiger partial charge in [0.2, 0.25) is 10.0 Å². The van der Waals surface area contributed by atoms with Gasteiger partial charge in [0.05, 0.1) is 10.9 Å². The lowest BCUT2D eigenvalue weighted by Gasteiger charge is -2.20. The van der Waals surface area contributed by atoms with Crippen molar-refractivity contribution in [3.8, 4) is 5.75 Å². The molecule has 0 aliphatic heterocycles. The number of benzene rings is 4. The van der Waals surface area contributed by atoms with E-state index in [9.17, 15) is 13.2 Å². The van der Waals surface area contributed by atoms with Gasteiger partial charge in [-0.3, -0.25) is 4.79 Å². The minimum Gasteiger partial charge on any atom is -0.484 e. The molecule has 4 aromatic rings. The van der Waals surface area contributed by atoms with Crippen molar-refractivity contribution >= 4 is 15.9 Å². The van der Waals surface area contributed by atoms with Crippen molar-refractivity contribution in [2.24, 2.45) is 0 Å². The molecule has 7 heteroatoms. The summed E-state index contributed by atoms with van der Waals surface area (Å²) in [7, 11) is -3.64. The van der Waals surface area contributed by atoms with Crippen molar-refractivity contribution in [1.29, 1.82) is 0 Å². The third-order valence-corrected chi connectivity index (χ3v) is 7.10. The molecule has 184 valence electrons. The number of amides is 1. The van der Waals surface area contributed by atoms with Crippen LogP contribution in [0.3, 0.4) is 0 Å². The van der Waals surface area contributed by atoms with Gasteiger partial charge in [-0.2, -0.15) is 0 Å². The van der Waals surface area contributed by atoms with Crippen LogP contribution in [0.5, 0.6) is 5.75 Å². The van der Waals surface area contributed by atoms with Gasteiger partial charge in [0.1, 0.15) is 5.75 Å². The minimum absolute atomic E-state index is 0.139. The maximum absolute atomic E-state index is 12.7. The van der Waals surface area contributed by atoms with E-state index in [2.05, 4.69) is 10.0 Å². The fourth-order valence-electron chi connectivity index (χ4n) is 3.77. The highest BCUT2D eigenvalue weighted by Crippen LogP contribution is 2.22. The average Bonchev–Trinajstić information content (AvgIpc) is 2.92. The number of rotatable bonds is 11. The van der Waals surface area contributed by atoms with Crippen LogP contribution in [-0.2, 0) is 21.2 Å². The molecule has 0 aliphatic rings. The van der Waals surface area contributed by atoms with Crippen LogP contribution in [0.25, 0.3) is 0 Å². The molecule has 0 unspecified atom stereocenters. The number of carbonyl (C=O) groups excluding carboxylic acids is 1. The first-order chi connectivity index (χ1) is 17.5. The van der Waals surface area contributed by atoms with E-state index in [4.69, 9.17) is 4.74 Å². The summed E-state index contributed by atoms with van der Waals surface area (Å²) in [6.07, 6.45) is 0.601. The molecule has 1 amide bonds. The SMILES string of the molecule is O=C(COc1ccc(S(=O)(=O)NCCc2ccccc2)cc1)NC(c1ccccc1)c1ccccc1. The molecule has 0 saturated carbocycles. The Morgan fingerprint density at radius 1 is 0.722 bits per heavy atom. The zero-order valence-electron chi connectivity index (χ0n) is 19.7. The summed E-state index contributed by atoms with van der Waals surface area (Å²) >= 11 is 0. The molecule has 0 radical (unpaired) electrons. The zero-order valence-corrected chi connectivity index (χ0v) is 20.5. The van der Waals surface area contributed by atoms with Gasteiger partial charge in [0.15, 0.2) is 6.61 Å². The lowest BCUT2D eigenvalue weighted by Crippen LogP contribution is -2.33. The maximum Gasteiger partial charge on any atom is 0.258 e. The molecule has 0 heterocycles. The number of hydrogen-bond acceptors (Lipinski definition) is 4. The van der Waals surface area contributed by atoms with Gasteiger partial charge in [0.25, 0.3) is 5.91 Å². The van der Waals surface area contributed by atoms with Crippen LogP contribution in [0.2, 0.25) is 0 Å². The summed E-state index contributed by atoms with van der Waals surface area (Å²) < 4.78 is 33.4. The second-order valence-electron chi connectivity index (χ2n) is 8.22. The molecule has 0 aliphatic carbocycles. The summed E-state index contributed by atoms with van der Waals surface area (Å²) in [4.78, 5) is 12.8. The topological polar surface area (TPSA) is 84.5 Å². The fraction of sp³-hybridized carbons (Fsp3) is 0.138. The smallest absolute Gasteiger partial charge is 0.258 e. The lowest BCUT2D eigenvalue weighted by atomic mass is 9.99. The van der Waals surface area contributed by atoms with E-state index >= 15 is 0 Å². The predicted molar refractivity (Wildman–Crippen MR) is 140 cm³/mol. The highest BCUT2D eigenvalue weighted by Gasteiger charge is 2.17. The van der Waals surface area contributed by atoms with Gasteiger partial charge >= 0.3 is 0 Å². The summed E-state index contributed by atoms with van der Waals surface area (Å²) in [5.41, 5.74) is 2.99. The van der Waals surface area contributed by atoms with Crippen molar-refractivity contribution in [2.45, 2.75) is 17.4 Å². The first-order valence-electron chi connectivity index (χ1n) is 11.7. The van der Waals surface area contributed by atoms with E-state index in [1.807, 2.05) is 91.0 Å². The molecule has 0 aromatic heterocycles. The molecular formula is C29H28N2O4S. The van der Waals surface area contributed by atoms with Crippen LogP contribution in [0, 0.1) is 0 Å². The molecule has 0 saturated heterocycles. The predicted octanol–water partition coefficient (Wildman–Crippen LogP) is 4.49. The van der Waals surface area contributed by atoms with Gasteiger partial charge in [-0.25, -0.2) is 13.1 Å². The molecule has 4 aromatic carbocycles. The number of carbonyl (C=O) groups is 1. The molecular weight excluding hydrogens is 472 g/mol. The Hall–Kier alpha value is -3.94. The lowest BCUT2D eigenvalue weighted by molar-refractivity contribution is -0.123. The van der Waals surface area contributed by atoms with Crippen molar-refractivity contribution in [3.05, 3.63) is 132 Å². The van der Waals surface area contributed by atoms with Gasteiger partial charge < -0.3 is 10.1 Å². The van der Waals surface area contributed by atoms with E-state index in [1.165, 1.54) is 12.1 Å². The molecule has 4 rings (SSSR count). The molecule has 36 heavy (non-hydrogen) atoms. The normalized spacial score (nSPS) is 11.2. The highest BCUT2D eigenvalue weighted by atomic mass is 32.2. The van der Waals surface area contributed by atoms with Crippen molar-refractivity contribution < 1.29 is 17.9 Å². The quantitative estimate of drug-likeness (QED) is 0.318. The van der Waals surface area contributed by atoms with Gasteiger partial charge in [-0.1, -0.05) is 91.0 Å². The van der Waals surface area contributed by atoms with Crippen molar-refractivity contribution in [3.63, 3.8) is 0 Å². The second kappa shape index (κ2) is 12.2. The average molecular weight is 501 g/mol. The van der Waals surface area contributed by atoms with Crippen LogP contribution < -0.4 is 14.8 Å².